The second-order valence-electron chi connectivity index (χ2n) is 7.74. The lowest BCUT2D eigenvalue weighted by Gasteiger charge is -2.16. The summed E-state index contributed by atoms with van der Waals surface area (Å²) in [6.45, 7) is 4.24. The molecule has 1 aromatic carbocycles. The van der Waals surface area contributed by atoms with Crippen LogP contribution in [0.3, 0.4) is 0 Å². The number of aryl methyl sites for hydroxylation is 2. The Morgan fingerprint density at radius 3 is 2.76 bits per heavy atom. The first-order chi connectivity index (χ1) is 15.9. The van der Waals surface area contributed by atoms with E-state index in [4.69, 9.17) is 10.6 Å². The van der Waals surface area contributed by atoms with E-state index in [1.165, 1.54) is 0 Å². The number of rotatable bonds is 7. The number of amidine groups is 1. The van der Waals surface area contributed by atoms with Gasteiger partial charge in [0.25, 0.3) is 5.91 Å². The summed E-state index contributed by atoms with van der Waals surface area (Å²) >= 11 is 0. The average molecular weight is 447 g/mol. The van der Waals surface area contributed by atoms with Crippen LogP contribution in [0.15, 0.2) is 53.8 Å². The lowest BCUT2D eigenvalue weighted by atomic mass is 10.2. The van der Waals surface area contributed by atoms with Crippen LogP contribution in [0.25, 0.3) is 5.82 Å². The zero-order valence-electron chi connectivity index (χ0n) is 18.5. The summed E-state index contributed by atoms with van der Waals surface area (Å²) in [6.07, 6.45) is 2.95. The Morgan fingerprint density at radius 2 is 2.09 bits per heavy atom. The van der Waals surface area contributed by atoms with Crippen LogP contribution in [0.1, 0.15) is 29.8 Å². The van der Waals surface area contributed by atoms with Gasteiger partial charge < -0.3 is 20.8 Å². The molecule has 0 spiro atoms. The molecule has 2 aromatic heterocycles. The number of oxime groups is 1. The summed E-state index contributed by atoms with van der Waals surface area (Å²) in [5.41, 5.74) is 9.72. The molecule has 1 saturated heterocycles. The number of carbonyl (C=O) groups is 2. The predicted octanol–water partition coefficient (Wildman–Crippen LogP) is 2.29. The van der Waals surface area contributed by atoms with Gasteiger partial charge in [0.2, 0.25) is 5.91 Å². The highest BCUT2D eigenvalue weighted by molar-refractivity contribution is 5.98. The minimum absolute atomic E-state index is 0.0871. The van der Waals surface area contributed by atoms with Crippen molar-refractivity contribution in [3.63, 3.8) is 0 Å². The van der Waals surface area contributed by atoms with Crippen molar-refractivity contribution in [2.45, 2.75) is 26.7 Å². The third-order valence-electron chi connectivity index (χ3n) is 5.14. The summed E-state index contributed by atoms with van der Waals surface area (Å²) in [5.74, 6) is 0.457. The first kappa shape index (κ1) is 22.0. The first-order valence-corrected chi connectivity index (χ1v) is 10.6. The lowest BCUT2D eigenvalue weighted by Crippen LogP contribution is -2.24. The fourth-order valence-corrected chi connectivity index (χ4v) is 3.61. The molecule has 0 aliphatic carbocycles. The molecule has 33 heavy (non-hydrogen) atoms. The molecule has 2 amide bonds. The minimum atomic E-state index is -0.394. The summed E-state index contributed by atoms with van der Waals surface area (Å²) < 4.78 is 1.74. The van der Waals surface area contributed by atoms with Crippen LogP contribution in [-0.4, -0.2) is 45.6 Å². The van der Waals surface area contributed by atoms with Gasteiger partial charge in [0.15, 0.2) is 18.3 Å². The van der Waals surface area contributed by atoms with Crippen LogP contribution >= 0.6 is 0 Å². The molecule has 4 rings (SSSR count). The van der Waals surface area contributed by atoms with Crippen molar-refractivity contribution in [2.75, 3.05) is 23.4 Å². The third kappa shape index (κ3) is 5.17. The first-order valence-electron chi connectivity index (χ1n) is 10.6. The molecule has 0 radical (unpaired) electrons. The van der Waals surface area contributed by atoms with E-state index in [1.807, 2.05) is 26.0 Å². The molecule has 0 atom stereocenters. The van der Waals surface area contributed by atoms with Gasteiger partial charge in [-0.3, -0.25) is 9.59 Å². The zero-order chi connectivity index (χ0) is 23.4. The van der Waals surface area contributed by atoms with Crippen molar-refractivity contribution >= 4 is 29.0 Å². The highest BCUT2D eigenvalue weighted by Gasteiger charge is 2.21. The Labute approximate surface area is 191 Å². The molecular formula is C23H25N7O3. The van der Waals surface area contributed by atoms with Crippen LogP contribution in [-0.2, 0) is 14.4 Å². The van der Waals surface area contributed by atoms with E-state index in [-0.39, 0.29) is 18.3 Å². The minimum Gasteiger partial charge on any atom is -0.384 e. The van der Waals surface area contributed by atoms with Crippen LogP contribution in [0.4, 0.5) is 11.4 Å². The summed E-state index contributed by atoms with van der Waals surface area (Å²) in [4.78, 5) is 35.3. The number of hydrogen-bond acceptors (Lipinski definition) is 6. The molecule has 3 aromatic rings. The number of nitrogens with two attached hydrogens (primary N) is 1. The van der Waals surface area contributed by atoms with Gasteiger partial charge in [-0.15, -0.1) is 0 Å². The van der Waals surface area contributed by atoms with E-state index in [2.05, 4.69) is 20.6 Å². The summed E-state index contributed by atoms with van der Waals surface area (Å²) in [6, 6.07) is 12.6. The molecular weight excluding hydrogens is 422 g/mol. The number of benzene rings is 1. The summed E-state index contributed by atoms with van der Waals surface area (Å²) in [7, 11) is 0. The molecule has 0 saturated carbocycles. The average Bonchev–Trinajstić information content (AvgIpc) is 3.38. The van der Waals surface area contributed by atoms with Crippen LogP contribution in [0.2, 0.25) is 0 Å². The lowest BCUT2D eigenvalue weighted by molar-refractivity contribution is -0.120. The van der Waals surface area contributed by atoms with Crippen molar-refractivity contribution in [3.8, 4) is 5.82 Å². The Balaban J connectivity index is 1.32. The molecule has 10 nitrogen and oxygen atoms in total. The van der Waals surface area contributed by atoms with Crippen LogP contribution in [0.5, 0.6) is 0 Å². The van der Waals surface area contributed by atoms with Crippen molar-refractivity contribution in [3.05, 3.63) is 65.6 Å². The maximum absolute atomic E-state index is 12.2. The highest BCUT2D eigenvalue weighted by Crippen LogP contribution is 2.24. The standard InChI is InChI=1S/C23H25N7O3/c1-15-11-16(2)30(27-15)20-9-8-17(13-25-20)23(24)28-33-14-21(31)26-18-5-3-6-19(12-18)29-10-4-7-22(29)32/h3,5-6,8-9,11-13H,4,7,10,14H2,1-2H3,(H2,24,28)(H,26,31). The Morgan fingerprint density at radius 1 is 1.24 bits per heavy atom. The SMILES string of the molecule is Cc1cc(C)n(-c2ccc(/C(N)=N/OCC(=O)Nc3cccc(N4CCCC4=O)c3)cn2)n1. The molecule has 10 heteroatoms. The molecule has 0 bridgehead atoms. The fraction of sp³-hybridized carbons (Fsp3) is 0.261. The van der Waals surface area contributed by atoms with E-state index in [9.17, 15) is 9.59 Å². The monoisotopic (exact) mass is 447 g/mol. The largest absolute Gasteiger partial charge is 0.384 e. The Bertz CT molecular complexity index is 1200. The molecule has 1 aliphatic rings. The van der Waals surface area contributed by atoms with Gasteiger partial charge in [-0.2, -0.15) is 5.10 Å². The Kier molecular flexibility index (Phi) is 6.34. The smallest absolute Gasteiger partial charge is 0.265 e. The topological polar surface area (TPSA) is 128 Å². The van der Waals surface area contributed by atoms with Gasteiger partial charge >= 0.3 is 0 Å². The maximum Gasteiger partial charge on any atom is 0.265 e. The number of aromatic nitrogens is 3. The second kappa shape index (κ2) is 9.51. The van der Waals surface area contributed by atoms with Crippen LogP contribution in [0, 0.1) is 13.8 Å². The molecule has 3 heterocycles. The van der Waals surface area contributed by atoms with Gasteiger partial charge in [0.05, 0.1) is 5.69 Å². The van der Waals surface area contributed by atoms with E-state index in [1.54, 1.807) is 46.1 Å². The van der Waals surface area contributed by atoms with Crippen molar-refractivity contribution in [2.24, 2.45) is 10.9 Å². The normalized spacial score (nSPS) is 13.9. The predicted molar refractivity (Wildman–Crippen MR) is 124 cm³/mol. The second-order valence-corrected chi connectivity index (χ2v) is 7.74. The van der Waals surface area contributed by atoms with Crippen molar-refractivity contribution < 1.29 is 14.4 Å². The third-order valence-corrected chi connectivity index (χ3v) is 5.14. The van der Waals surface area contributed by atoms with Crippen molar-refractivity contribution in [1.29, 1.82) is 0 Å². The Hall–Kier alpha value is -4.21. The molecule has 0 unspecified atom stereocenters. The van der Waals surface area contributed by atoms with Crippen molar-refractivity contribution in [1.82, 2.24) is 14.8 Å². The maximum atomic E-state index is 12.2. The van der Waals surface area contributed by atoms with Gasteiger partial charge in [0.1, 0.15) is 0 Å². The number of nitrogens with zero attached hydrogens (tertiary/aromatic N) is 5. The van der Waals surface area contributed by atoms with E-state index < -0.39 is 5.91 Å². The van der Waals surface area contributed by atoms with E-state index in [0.29, 0.717) is 30.0 Å². The van der Waals surface area contributed by atoms with Gasteiger partial charge in [0, 0.05) is 41.8 Å². The fourth-order valence-electron chi connectivity index (χ4n) is 3.61. The van der Waals surface area contributed by atoms with E-state index >= 15 is 0 Å². The molecule has 3 N–H and O–H groups in total. The number of anilines is 2. The van der Waals surface area contributed by atoms with Gasteiger partial charge in [-0.05, 0) is 56.7 Å². The van der Waals surface area contributed by atoms with E-state index in [0.717, 1.165) is 23.5 Å². The number of pyridine rings is 1. The number of nitrogens with one attached hydrogen (secondary N) is 1. The number of carbonyl (C=O) groups excluding carboxylic acids is 2. The van der Waals surface area contributed by atoms with Crippen LogP contribution < -0.4 is 16.0 Å². The summed E-state index contributed by atoms with van der Waals surface area (Å²) in [5, 5.41) is 10.9. The number of hydrogen-bond donors (Lipinski definition) is 2. The molecule has 1 fully saturated rings. The molecule has 170 valence electrons. The van der Waals surface area contributed by atoms with Gasteiger partial charge in [-0.25, -0.2) is 9.67 Å². The zero-order valence-corrected chi connectivity index (χ0v) is 18.5. The van der Waals surface area contributed by atoms with Gasteiger partial charge in [-0.1, -0.05) is 11.2 Å². The number of amides is 2. The molecule has 1 aliphatic heterocycles. The quantitative estimate of drug-likeness (QED) is 0.325. The highest BCUT2D eigenvalue weighted by atomic mass is 16.6.